The Labute approximate surface area is 99.2 Å². The van der Waals surface area contributed by atoms with Gasteiger partial charge in [0.2, 0.25) is 0 Å². The van der Waals surface area contributed by atoms with Crippen molar-refractivity contribution < 1.29 is 23.1 Å². The minimum Gasteiger partial charge on any atom is -0.481 e. The van der Waals surface area contributed by atoms with Gasteiger partial charge in [-0.1, -0.05) is 11.6 Å². The molecule has 0 aliphatic heterocycles. The maximum atomic E-state index is 12.5. The van der Waals surface area contributed by atoms with Gasteiger partial charge in [-0.3, -0.25) is 4.79 Å². The van der Waals surface area contributed by atoms with Crippen molar-refractivity contribution in [1.29, 1.82) is 0 Å². The Morgan fingerprint density at radius 1 is 1.47 bits per heavy atom. The van der Waals surface area contributed by atoms with Crippen molar-refractivity contribution in [1.82, 2.24) is 4.98 Å². The fourth-order valence-corrected chi connectivity index (χ4v) is 1.95. The van der Waals surface area contributed by atoms with Crippen LogP contribution in [0.2, 0.25) is 5.15 Å². The fraction of sp³-hybridized carbons (Fsp3) is 0.400. The van der Waals surface area contributed by atoms with Crippen LogP contribution in [0.3, 0.4) is 0 Å². The summed E-state index contributed by atoms with van der Waals surface area (Å²) in [6.07, 6.45) is -3.39. The SMILES string of the molecule is O=C(O)C1(c2cc(C(F)(F)F)cnc2Cl)CC1. The minimum absolute atomic E-state index is 0.0542. The van der Waals surface area contributed by atoms with E-state index in [1.807, 2.05) is 0 Å². The predicted octanol–water partition coefficient (Wildman–Crippen LogP) is 2.87. The number of hydrogen-bond acceptors (Lipinski definition) is 2. The quantitative estimate of drug-likeness (QED) is 0.837. The number of halogens is 4. The van der Waals surface area contributed by atoms with Crippen LogP contribution >= 0.6 is 11.6 Å². The van der Waals surface area contributed by atoms with Gasteiger partial charge in [-0.05, 0) is 18.9 Å². The summed E-state index contributed by atoms with van der Waals surface area (Å²) in [6, 6.07) is 0.774. The molecule has 1 aromatic rings. The first-order chi connectivity index (χ1) is 7.77. The molecular weight excluding hydrogens is 259 g/mol. The van der Waals surface area contributed by atoms with E-state index < -0.39 is 23.1 Å². The Bertz CT molecular complexity index is 483. The average molecular weight is 266 g/mol. The molecule has 1 saturated carbocycles. The number of aromatic nitrogens is 1. The summed E-state index contributed by atoms with van der Waals surface area (Å²) in [6.45, 7) is 0. The van der Waals surface area contributed by atoms with Gasteiger partial charge >= 0.3 is 12.1 Å². The third-order valence-corrected chi connectivity index (χ3v) is 3.14. The Morgan fingerprint density at radius 2 is 2.06 bits per heavy atom. The van der Waals surface area contributed by atoms with Crippen LogP contribution in [0.5, 0.6) is 0 Å². The van der Waals surface area contributed by atoms with Gasteiger partial charge in [0.15, 0.2) is 0 Å². The van der Waals surface area contributed by atoms with Gasteiger partial charge in [0.05, 0.1) is 11.0 Å². The third kappa shape index (κ3) is 1.97. The summed E-state index contributed by atoms with van der Waals surface area (Å²) in [5.74, 6) is -1.17. The average Bonchev–Trinajstić information content (AvgIpc) is 2.97. The summed E-state index contributed by atoms with van der Waals surface area (Å²) >= 11 is 5.67. The van der Waals surface area contributed by atoms with Gasteiger partial charge in [0.25, 0.3) is 0 Å². The van der Waals surface area contributed by atoms with Gasteiger partial charge in [-0.25, -0.2) is 4.98 Å². The van der Waals surface area contributed by atoms with Crippen LogP contribution in [-0.2, 0) is 16.4 Å². The Balaban J connectivity index is 2.51. The van der Waals surface area contributed by atoms with Crippen molar-refractivity contribution in [2.24, 2.45) is 0 Å². The van der Waals surface area contributed by atoms with E-state index in [1.54, 1.807) is 0 Å². The lowest BCUT2D eigenvalue weighted by Gasteiger charge is -2.14. The van der Waals surface area contributed by atoms with Crippen molar-refractivity contribution in [3.8, 4) is 0 Å². The summed E-state index contributed by atoms with van der Waals surface area (Å²) in [7, 11) is 0. The highest BCUT2D eigenvalue weighted by Crippen LogP contribution is 2.51. The second-order valence-corrected chi connectivity index (χ2v) is 4.31. The standard InChI is InChI=1S/C10H7ClF3NO2/c11-7-6(9(1-2-9)8(16)17)3-5(4-15-7)10(12,13)14/h3-4H,1-2H2,(H,16,17). The molecule has 0 unspecified atom stereocenters. The lowest BCUT2D eigenvalue weighted by Crippen LogP contribution is -2.21. The van der Waals surface area contributed by atoms with Crippen molar-refractivity contribution in [3.05, 3.63) is 28.5 Å². The van der Waals surface area contributed by atoms with E-state index in [2.05, 4.69) is 4.98 Å². The number of alkyl halides is 3. The van der Waals surface area contributed by atoms with Gasteiger partial charge in [0, 0.05) is 11.8 Å². The van der Waals surface area contributed by atoms with Crippen LogP contribution in [0.25, 0.3) is 0 Å². The number of rotatable bonds is 2. The Kier molecular flexibility index (Phi) is 2.57. The predicted molar refractivity (Wildman–Crippen MR) is 52.8 cm³/mol. The highest BCUT2D eigenvalue weighted by atomic mass is 35.5. The molecule has 3 nitrogen and oxygen atoms in total. The zero-order chi connectivity index (χ0) is 12.8. The molecule has 0 atom stereocenters. The molecule has 0 aromatic carbocycles. The summed E-state index contributed by atoms with van der Waals surface area (Å²) < 4.78 is 37.4. The molecule has 1 aliphatic carbocycles. The first-order valence-corrected chi connectivity index (χ1v) is 5.12. The Hall–Kier alpha value is -1.30. The molecule has 0 amide bonds. The number of carboxylic acids is 1. The van der Waals surface area contributed by atoms with Crippen LogP contribution in [0, 0.1) is 0 Å². The van der Waals surface area contributed by atoms with Gasteiger partial charge in [-0.2, -0.15) is 13.2 Å². The molecule has 1 heterocycles. The van der Waals surface area contributed by atoms with Gasteiger partial charge in [0.1, 0.15) is 5.15 Å². The highest BCUT2D eigenvalue weighted by molar-refractivity contribution is 6.30. The van der Waals surface area contributed by atoms with Crippen molar-refractivity contribution in [3.63, 3.8) is 0 Å². The van der Waals surface area contributed by atoms with Gasteiger partial charge in [-0.15, -0.1) is 0 Å². The maximum absolute atomic E-state index is 12.5. The number of carbonyl (C=O) groups is 1. The lowest BCUT2D eigenvalue weighted by molar-refractivity contribution is -0.141. The van der Waals surface area contributed by atoms with E-state index in [-0.39, 0.29) is 23.6 Å². The van der Waals surface area contributed by atoms with E-state index >= 15 is 0 Å². The lowest BCUT2D eigenvalue weighted by atomic mass is 9.96. The summed E-state index contributed by atoms with van der Waals surface area (Å²) in [5.41, 5.74) is -2.32. The number of nitrogens with zero attached hydrogens (tertiary/aromatic N) is 1. The van der Waals surface area contributed by atoms with Crippen molar-refractivity contribution in [2.45, 2.75) is 24.4 Å². The molecule has 92 valence electrons. The molecule has 0 radical (unpaired) electrons. The molecule has 17 heavy (non-hydrogen) atoms. The summed E-state index contributed by atoms with van der Waals surface area (Å²) in [5, 5.41) is 8.83. The Morgan fingerprint density at radius 3 is 2.47 bits per heavy atom. The normalized spacial score (nSPS) is 17.9. The molecule has 1 fully saturated rings. The van der Waals surface area contributed by atoms with Crippen LogP contribution < -0.4 is 0 Å². The van der Waals surface area contributed by atoms with E-state index in [9.17, 15) is 18.0 Å². The van der Waals surface area contributed by atoms with Crippen LogP contribution in [0.15, 0.2) is 12.3 Å². The van der Waals surface area contributed by atoms with E-state index in [0.717, 1.165) is 6.07 Å². The molecule has 0 bridgehead atoms. The smallest absolute Gasteiger partial charge is 0.417 e. The van der Waals surface area contributed by atoms with Crippen molar-refractivity contribution in [2.75, 3.05) is 0 Å². The van der Waals surface area contributed by atoms with Crippen LogP contribution in [0.1, 0.15) is 24.0 Å². The van der Waals surface area contributed by atoms with E-state index in [0.29, 0.717) is 6.20 Å². The van der Waals surface area contributed by atoms with E-state index in [4.69, 9.17) is 16.7 Å². The zero-order valence-corrected chi connectivity index (χ0v) is 9.14. The molecule has 0 saturated heterocycles. The second-order valence-electron chi connectivity index (χ2n) is 3.95. The largest absolute Gasteiger partial charge is 0.481 e. The fourth-order valence-electron chi connectivity index (χ4n) is 1.66. The van der Waals surface area contributed by atoms with Crippen molar-refractivity contribution >= 4 is 17.6 Å². The molecule has 1 N–H and O–H groups in total. The molecule has 0 spiro atoms. The second kappa shape index (κ2) is 3.60. The monoisotopic (exact) mass is 265 g/mol. The molecular formula is C10H7ClF3NO2. The first-order valence-electron chi connectivity index (χ1n) is 4.74. The summed E-state index contributed by atoms with van der Waals surface area (Å²) in [4.78, 5) is 14.4. The number of aliphatic carboxylic acids is 1. The molecule has 1 aliphatic rings. The number of hydrogen-bond donors (Lipinski definition) is 1. The van der Waals surface area contributed by atoms with Gasteiger partial charge < -0.3 is 5.11 Å². The van der Waals surface area contributed by atoms with Crippen LogP contribution in [0.4, 0.5) is 13.2 Å². The number of carboxylic acid groups (broad SMARTS) is 1. The third-order valence-electron chi connectivity index (χ3n) is 2.84. The zero-order valence-electron chi connectivity index (χ0n) is 8.38. The molecule has 1 aromatic heterocycles. The highest BCUT2D eigenvalue weighted by Gasteiger charge is 2.53. The minimum atomic E-state index is -4.55. The molecule has 2 rings (SSSR count). The van der Waals surface area contributed by atoms with Crippen LogP contribution in [-0.4, -0.2) is 16.1 Å². The molecule has 7 heteroatoms. The number of pyridine rings is 1. The maximum Gasteiger partial charge on any atom is 0.417 e. The topological polar surface area (TPSA) is 50.2 Å². The first kappa shape index (κ1) is 12.2. The van der Waals surface area contributed by atoms with E-state index in [1.165, 1.54) is 0 Å².